The molecule has 0 aliphatic carbocycles. The molecule has 4 aromatic rings. The SMILES string of the molecule is CCn1c(N2CCCC(N)C2)nc2c(C)nn(CC3=Nc4ccccc4-c4ccccc4N3)c(=O)c21. The van der Waals surface area contributed by atoms with Gasteiger partial charge in [0.15, 0.2) is 0 Å². The molecule has 184 valence electrons. The van der Waals surface area contributed by atoms with Crippen LogP contribution in [0.3, 0.4) is 0 Å². The summed E-state index contributed by atoms with van der Waals surface area (Å²) in [5.41, 5.74) is 12.0. The molecule has 2 aliphatic rings. The number of anilines is 2. The Hall–Kier alpha value is -3.98. The number of rotatable bonds is 4. The minimum atomic E-state index is -0.173. The predicted molar refractivity (Wildman–Crippen MR) is 144 cm³/mol. The molecule has 2 aromatic carbocycles. The molecule has 9 heteroatoms. The van der Waals surface area contributed by atoms with E-state index in [0.29, 0.717) is 23.4 Å². The van der Waals surface area contributed by atoms with E-state index in [0.717, 1.165) is 60.1 Å². The molecule has 0 amide bonds. The maximum Gasteiger partial charge on any atom is 0.293 e. The lowest BCUT2D eigenvalue weighted by atomic mass is 10.0. The van der Waals surface area contributed by atoms with Crippen LogP contribution in [0, 0.1) is 6.92 Å². The van der Waals surface area contributed by atoms with Crippen molar-refractivity contribution in [3.05, 3.63) is 64.6 Å². The van der Waals surface area contributed by atoms with Gasteiger partial charge < -0.3 is 20.5 Å². The van der Waals surface area contributed by atoms with Crippen molar-refractivity contribution in [3.63, 3.8) is 0 Å². The molecule has 1 atom stereocenters. The van der Waals surface area contributed by atoms with Crippen LogP contribution in [0.2, 0.25) is 0 Å². The van der Waals surface area contributed by atoms with Gasteiger partial charge in [-0.3, -0.25) is 4.79 Å². The van der Waals surface area contributed by atoms with Crippen LogP contribution in [0.1, 0.15) is 25.5 Å². The van der Waals surface area contributed by atoms with Crippen molar-refractivity contribution in [2.45, 2.75) is 45.8 Å². The number of aryl methyl sites for hydroxylation is 2. The Kier molecular flexibility index (Phi) is 5.56. The Morgan fingerprint density at radius 1 is 1.11 bits per heavy atom. The van der Waals surface area contributed by atoms with Gasteiger partial charge in [-0.15, -0.1) is 0 Å². The van der Waals surface area contributed by atoms with Crippen molar-refractivity contribution in [1.82, 2.24) is 19.3 Å². The van der Waals surface area contributed by atoms with Crippen LogP contribution in [0.4, 0.5) is 17.3 Å². The van der Waals surface area contributed by atoms with Gasteiger partial charge in [0, 0.05) is 42.5 Å². The second-order valence-corrected chi connectivity index (χ2v) is 9.50. The first-order valence-corrected chi connectivity index (χ1v) is 12.5. The highest BCUT2D eigenvalue weighted by Crippen LogP contribution is 2.37. The van der Waals surface area contributed by atoms with Crippen LogP contribution in [0.15, 0.2) is 58.3 Å². The van der Waals surface area contributed by atoms with Gasteiger partial charge in [0.25, 0.3) is 5.56 Å². The number of nitrogens with zero attached hydrogens (tertiary/aromatic N) is 6. The third-order valence-corrected chi connectivity index (χ3v) is 7.01. The van der Waals surface area contributed by atoms with Gasteiger partial charge in [0.1, 0.15) is 23.4 Å². The summed E-state index contributed by atoms with van der Waals surface area (Å²) in [6.07, 6.45) is 2.03. The van der Waals surface area contributed by atoms with E-state index in [1.54, 1.807) is 0 Å². The number of fused-ring (bicyclic) bond motifs is 4. The highest BCUT2D eigenvalue weighted by Gasteiger charge is 2.25. The Morgan fingerprint density at radius 3 is 2.69 bits per heavy atom. The Morgan fingerprint density at radius 2 is 1.89 bits per heavy atom. The summed E-state index contributed by atoms with van der Waals surface area (Å²) in [5.74, 6) is 1.46. The van der Waals surface area contributed by atoms with Gasteiger partial charge in [-0.2, -0.15) is 5.10 Å². The number of nitrogens with one attached hydrogen (secondary N) is 1. The highest BCUT2D eigenvalue weighted by molar-refractivity contribution is 6.04. The van der Waals surface area contributed by atoms with Gasteiger partial charge in [-0.1, -0.05) is 36.4 Å². The lowest BCUT2D eigenvalue weighted by Crippen LogP contribution is -2.44. The fraction of sp³-hybridized carbons (Fsp3) is 0.333. The normalized spacial score (nSPS) is 17.2. The van der Waals surface area contributed by atoms with Crippen molar-refractivity contribution in [3.8, 4) is 11.1 Å². The molecule has 1 fully saturated rings. The molecular formula is C27H30N8O. The number of amidine groups is 1. The standard InChI is InChI=1S/C27H30N8O/c1-3-34-25-24(31-27(34)33-14-8-9-18(28)15-33)17(2)32-35(26(25)36)16-23-29-21-12-6-4-10-19(21)20-11-5-7-13-22(20)30-23/h4-7,10-13,18H,3,8-9,14-16,28H2,1-2H3,(H,29,30). The van der Waals surface area contributed by atoms with Gasteiger partial charge in [0.2, 0.25) is 5.95 Å². The number of hydrogen-bond acceptors (Lipinski definition) is 7. The first-order chi connectivity index (χ1) is 17.5. The topological polar surface area (TPSA) is 106 Å². The molecule has 0 radical (unpaired) electrons. The van der Waals surface area contributed by atoms with E-state index < -0.39 is 0 Å². The summed E-state index contributed by atoms with van der Waals surface area (Å²) < 4.78 is 3.51. The third-order valence-electron chi connectivity index (χ3n) is 7.01. The van der Waals surface area contributed by atoms with E-state index in [9.17, 15) is 4.79 Å². The second-order valence-electron chi connectivity index (χ2n) is 9.50. The molecule has 2 aromatic heterocycles. The maximum atomic E-state index is 13.8. The molecule has 9 nitrogen and oxygen atoms in total. The van der Waals surface area contributed by atoms with Crippen LogP contribution in [0.5, 0.6) is 0 Å². The van der Waals surface area contributed by atoms with Gasteiger partial charge >= 0.3 is 0 Å². The first kappa shape index (κ1) is 22.5. The largest absolute Gasteiger partial charge is 0.342 e. The van der Waals surface area contributed by atoms with Crippen LogP contribution in [-0.4, -0.2) is 44.3 Å². The molecule has 0 spiro atoms. The fourth-order valence-corrected chi connectivity index (χ4v) is 5.32. The molecule has 0 saturated carbocycles. The molecule has 3 N–H and O–H groups in total. The highest BCUT2D eigenvalue weighted by atomic mass is 16.1. The average Bonchev–Trinajstić information content (AvgIpc) is 3.21. The molecule has 36 heavy (non-hydrogen) atoms. The zero-order valence-corrected chi connectivity index (χ0v) is 20.6. The fourth-order valence-electron chi connectivity index (χ4n) is 5.32. The second kappa shape index (κ2) is 8.91. The summed E-state index contributed by atoms with van der Waals surface area (Å²) >= 11 is 0. The quantitative estimate of drug-likeness (QED) is 0.460. The lowest BCUT2D eigenvalue weighted by molar-refractivity contribution is 0.494. The number of imidazole rings is 1. The number of aliphatic imine (C=N–C) groups is 1. The van der Waals surface area contributed by atoms with E-state index in [4.69, 9.17) is 15.7 Å². The van der Waals surface area contributed by atoms with E-state index in [1.807, 2.05) is 54.8 Å². The number of para-hydroxylation sites is 2. The lowest BCUT2D eigenvalue weighted by Gasteiger charge is -2.31. The third kappa shape index (κ3) is 3.76. The van der Waals surface area contributed by atoms with E-state index in [1.165, 1.54) is 4.68 Å². The summed E-state index contributed by atoms with van der Waals surface area (Å²) in [6, 6.07) is 16.3. The monoisotopic (exact) mass is 482 g/mol. The summed E-state index contributed by atoms with van der Waals surface area (Å²) in [6.45, 7) is 6.43. The first-order valence-electron chi connectivity index (χ1n) is 12.5. The smallest absolute Gasteiger partial charge is 0.293 e. The Balaban J connectivity index is 1.44. The van der Waals surface area contributed by atoms with E-state index in [2.05, 4.69) is 27.4 Å². The van der Waals surface area contributed by atoms with Crippen LogP contribution in [-0.2, 0) is 13.1 Å². The van der Waals surface area contributed by atoms with Gasteiger partial charge in [-0.05, 0) is 38.8 Å². The predicted octanol–water partition coefficient (Wildman–Crippen LogP) is 3.67. The van der Waals surface area contributed by atoms with E-state index >= 15 is 0 Å². The average molecular weight is 483 g/mol. The maximum absolute atomic E-state index is 13.8. The van der Waals surface area contributed by atoms with Crippen molar-refractivity contribution < 1.29 is 0 Å². The van der Waals surface area contributed by atoms with Crippen molar-refractivity contribution in [2.75, 3.05) is 23.3 Å². The summed E-state index contributed by atoms with van der Waals surface area (Å²) in [7, 11) is 0. The molecule has 1 saturated heterocycles. The van der Waals surface area contributed by atoms with Crippen molar-refractivity contribution >= 4 is 34.2 Å². The van der Waals surface area contributed by atoms with Crippen molar-refractivity contribution in [1.29, 1.82) is 0 Å². The molecule has 4 heterocycles. The van der Waals surface area contributed by atoms with Crippen LogP contribution in [0.25, 0.3) is 22.2 Å². The number of nitrogens with two attached hydrogens (primary N) is 1. The summed E-state index contributed by atoms with van der Waals surface area (Å²) in [5, 5.41) is 8.10. The minimum absolute atomic E-state index is 0.116. The number of piperidine rings is 1. The molecule has 2 aliphatic heterocycles. The number of aromatic nitrogens is 4. The molecular weight excluding hydrogens is 452 g/mol. The van der Waals surface area contributed by atoms with Crippen LogP contribution < -0.4 is 21.5 Å². The molecule has 1 unspecified atom stereocenters. The Labute approximate surface area is 209 Å². The zero-order chi connectivity index (χ0) is 24.8. The molecule has 0 bridgehead atoms. The zero-order valence-electron chi connectivity index (χ0n) is 20.6. The summed E-state index contributed by atoms with van der Waals surface area (Å²) in [4.78, 5) is 25.8. The van der Waals surface area contributed by atoms with Crippen LogP contribution >= 0.6 is 0 Å². The number of hydrogen-bond donors (Lipinski definition) is 2. The molecule has 6 rings (SSSR count). The number of benzene rings is 2. The van der Waals surface area contributed by atoms with Gasteiger partial charge in [0.05, 0.1) is 11.4 Å². The Bertz CT molecular complexity index is 1550. The van der Waals surface area contributed by atoms with Crippen molar-refractivity contribution in [2.24, 2.45) is 10.7 Å². The van der Waals surface area contributed by atoms with E-state index in [-0.39, 0.29) is 18.1 Å². The van der Waals surface area contributed by atoms with Gasteiger partial charge in [-0.25, -0.2) is 14.7 Å². The minimum Gasteiger partial charge on any atom is -0.342 e.